The zero-order valence-corrected chi connectivity index (χ0v) is 9.42. The lowest BCUT2D eigenvalue weighted by atomic mass is 10.1. The topological polar surface area (TPSA) is 55.1 Å². The molecule has 0 saturated carbocycles. The Balaban J connectivity index is 2.47. The van der Waals surface area contributed by atoms with Crippen molar-refractivity contribution < 1.29 is 4.79 Å². The summed E-state index contributed by atoms with van der Waals surface area (Å²) < 4.78 is 0. The normalized spacial score (nSPS) is 12.2. The van der Waals surface area contributed by atoms with Gasteiger partial charge in [0.05, 0.1) is 6.54 Å². The van der Waals surface area contributed by atoms with E-state index in [1.165, 1.54) is 0 Å². The van der Waals surface area contributed by atoms with Gasteiger partial charge in [0.2, 0.25) is 5.91 Å². The predicted octanol–water partition coefficient (Wildman–Crippen LogP) is 1.35. The molecule has 0 bridgehead atoms. The fraction of sp³-hybridized carbons (Fsp3) is 0.364. The molecule has 0 radical (unpaired) electrons. The number of carbonyl (C=O) groups is 1. The fourth-order valence-corrected chi connectivity index (χ4v) is 1.48. The third-order valence-electron chi connectivity index (χ3n) is 2.05. The standard InChI is InChI=1S/C11H15ClN2O/c1-8(14-11(15)7-13)6-9-2-4-10(12)5-3-9/h2-5,8H,6-7,13H2,1H3,(H,14,15). The van der Waals surface area contributed by atoms with Crippen molar-refractivity contribution in [1.82, 2.24) is 5.32 Å². The fourth-order valence-electron chi connectivity index (χ4n) is 1.36. The smallest absolute Gasteiger partial charge is 0.233 e. The Morgan fingerprint density at radius 2 is 2.07 bits per heavy atom. The number of halogens is 1. The molecule has 0 aliphatic carbocycles. The maximum atomic E-state index is 11.0. The minimum Gasteiger partial charge on any atom is -0.352 e. The molecule has 0 aliphatic rings. The van der Waals surface area contributed by atoms with Crippen LogP contribution in [-0.4, -0.2) is 18.5 Å². The van der Waals surface area contributed by atoms with Crippen LogP contribution >= 0.6 is 11.6 Å². The highest BCUT2D eigenvalue weighted by Gasteiger charge is 2.06. The van der Waals surface area contributed by atoms with Crippen LogP contribution in [0.2, 0.25) is 5.02 Å². The highest BCUT2D eigenvalue weighted by atomic mass is 35.5. The number of nitrogens with one attached hydrogen (secondary N) is 1. The third kappa shape index (κ3) is 4.32. The quantitative estimate of drug-likeness (QED) is 0.814. The van der Waals surface area contributed by atoms with Crippen molar-refractivity contribution in [3.8, 4) is 0 Å². The summed E-state index contributed by atoms with van der Waals surface area (Å²) in [6.45, 7) is 1.98. The van der Waals surface area contributed by atoms with E-state index >= 15 is 0 Å². The molecule has 1 unspecified atom stereocenters. The molecule has 1 aromatic carbocycles. The number of rotatable bonds is 4. The van der Waals surface area contributed by atoms with Crippen molar-refractivity contribution in [1.29, 1.82) is 0 Å². The molecule has 0 heterocycles. The van der Waals surface area contributed by atoms with Gasteiger partial charge in [0.1, 0.15) is 0 Å². The van der Waals surface area contributed by atoms with Gasteiger partial charge in [-0.3, -0.25) is 4.79 Å². The maximum Gasteiger partial charge on any atom is 0.233 e. The summed E-state index contributed by atoms with van der Waals surface area (Å²) in [6.07, 6.45) is 0.781. The predicted molar refractivity (Wildman–Crippen MR) is 61.8 cm³/mol. The van der Waals surface area contributed by atoms with Gasteiger partial charge in [0.15, 0.2) is 0 Å². The molecule has 0 aliphatic heterocycles. The van der Waals surface area contributed by atoms with E-state index in [0.29, 0.717) is 0 Å². The van der Waals surface area contributed by atoms with Crippen molar-refractivity contribution in [2.24, 2.45) is 5.73 Å². The summed E-state index contributed by atoms with van der Waals surface area (Å²) >= 11 is 5.77. The molecular formula is C11H15ClN2O. The Labute approximate surface area is 94.6 Å². The summed E-state index contributed by atoms with van der Waals surface area (Å²) in [5.74, 6) is -0.128. The van der Waals surface area contributed by atoms with Crippen LogP contribution in [0.25, 0.3) is 0 Å². The lowest BCUT2D eigenvalue weighted by molar-refractivity contribution is -0.120. The van der Waals surface area contributed by atoms with Crippen LogP contribution in [0.15, 0.2) is 24.3 Å². The summed E-state index contributed by atoms with van der Waals surface area (Å²) in [6, 6.07) is 7.67. The number of carbonyl (C=O) groups excluding carboxylic acids is 1. The Morgan fingerprint density at radius 3 is 2.60 bits per heavy atom. The monoisotopic (exact) mass is 226 g/mol. The van der Waals surface area contributed by atoms with Crippen molar-refractivity contribution in [2.75, 3.05) is 6.54 Å². The van der Waals surface area contributed by atoms with E-state index in [4.69, 9.17) is 17.3 Å². The van der Waals surface area contributed by atoms with Gasteiger partial charge in [-0.15, -0.1) is 0 Å². The molecule has 0 aromatic heterocycles. The zero-order valence-electron chi connectivity index (χ0n) is 8.66. The zero-order chi connectivity index (χ0) is 11.3. The molecule has 4 heteroatoms. The average molecular weight is 227 g/mol. The van der Waals surface area contributed by atoms with Crippen LogP contribution in [0.5, 0.6) is 0 Å². The first-order valence-corrected chi connectivity index (χ1v) is 5.23. The van der Waals surface area contributed by atoms with Gasteiger partial charge in [0.25, 0.3) is 0 Å². The Bertz CT molecular complexity index is 324. The molecule has 0 spiro atoms. The third-order valence-corrected chi connectivity index (χ3v) is 2.30. The summed E-state index contributed by atoms with van der Waals surface area (Å²) in [4.78, 5) is 11.0. The highest BCUT2D eigenvalue weighted by molar-refractivity contribution is 6.30. The van der Waals surface area contributed by atoms with Gasteiger partial charge in [-0.2, -0.15) is 0 Å². The SMILES string of the molecule is CC(Cc1ccc(Cl)cc1)NC(=O)CN. The minimum absolute atomic E-state index is 0.0327. The molecule has 1 amide bonds. The van der Waals surface area contributed by atoms with E-state index in [1.807, 2.05) is 31.2 Å². The number of benzene rings is 1. The second-order valence-electron chi connectivity index (χ2n) is 3.50. The second kappa shape index (κ2) is 5.73. The summed E-state index contributed by atoms with van der Waals surface area (Å²) in [5, 5.41) is 3.52. The average Bonchev–Trinajstić information content (AvgIpc) is 2.21. The van der Waals surface area contributed by atoms with Gasteiger partial charge in [-0.05, 0) is 31.0 Å². The van der Waals surface area contributed by atoms with E-state index in [2.05, 4.69) is 5.32 Å². The Kier molecular flexibility index (Phi) is 4.59. The molecule has 0 fully saturated rings. The Morgan fingerprint density at radius 1 is 1.47 bits per heavy atom. The van der Waals surface area contributed by atoms with E-state index in [0.717, 1.165) is 17.0 Å². The molecular weight excluding hydrogens is 212 g/mol. The van der Waals surface area contributed by atoms with Crippen molar-refractivity contribution in [3.63, 3.8) is 0 Å². The molecule has 3 nitrogen and oxygen atoms in total. The van der Waals surface area contributed by atoms with E-state index in [1.54, 1.807) is 0 Å². The van der Waals surface area contributed by atoms with Gasteiger partial charge in [0, 0.05) is 11.1 Å². The van der Waals surface area contributed by atoms with E-state index < -0.39 is 0 Å². The molecule has 82 valence electrons. The van der Waals surface area contributed by atoms with Crippen LogP contribution in [-0.2, 0) is 11.2 Å². The molecule has 3 N–H and O–H groups in total. The highest BCUT2D eigenvalue weighted by Crippen LogP contribution is 2.10. The summed E-state index contributed by atoms with van der Waals surface area (Å²) in [7, 11) is 0. The second-order valence-corrected chi connectivity index (χ2v) is 3.94. The lowest BCUT2D eigenvalue weighted by Gasteiger charge is -2.13. The molecule has 1 rings (SSSR count). The van der Waals surface area contributed by atoms with E-state index in [9.17, 15) is 4.79 Å². The van der Waals surface area contributed by atoms with Crippen LogP contribution < -0.4 is 11.1 Å². The van der Waals surface area contributed by atoms with Crippen LogP contribution in [0.3, 0.4) is 0 Å². The van der Waals surface area contributed by atoms with Crippen LogP contribution in [0, 0.1) is 0 Å². The van der Waals surface area contributed by atoms with Crippen LogP contribution in [0.4, 0.5) is 0 Å². The van der Waals surface area contributed by atoms with Crippen molar-refractivity contribution in [2.45, 2.75) is 19.4 Å². The molecule has 1 atom stereocenters. The van der Waals surface area contributed by atoms with Gasteiger partial charge in [-0.25, -0.2) is 0 Å². The first-order valence-electron chi connectivity index (χ1n) is 4.85. The van der Waals surface area contributed by atoms with Crippen molar-refractivity contribution in [3.05, 3.63) is 34.9 Å². The molecule has 1 aromatic rings. The minimum atomic E-state index is -0.128. The largest absolute Gasteiger partial charge is 0.352 e. The lowest BCUT2D eigenvalue weighted by Crippen LogP contribution is -2.38. The van der Waals surface area contributed by atoms with Gasteiger partial charge < -0.3 is 11.1 Å². The van der Waals surface area contributed by atoms with Crippen molar-refractivity contribution >= 4 is 17.5 Å². The Hall–Kier alpha value is -1.06. The summed E-state index contributed by atoms with van der Waals surface area (Å²) in [5.41, 5.74) is 6.35. The maximum absolute atomic E-state index is 11.0. The van der Waals surface area contributed by atoms with E-state index in [-0.39, 0.29) is 18.5 Å². The number of nitrogens with two attached hydrogens (primary N) is 1. The van der Waals surface area contributed by atoms with Gasteiger partial charge >= 0.3 is 0 Å². The van der Waals surface area contributed by atoms with Gasteiger partial charge in [-0.1, -0.05) is 23.7 Å². The van der Waals surface area contributed by atoms with Crippen LogP contribution in [0.1, 0.15) is 12.5 Å². The number of hydrogen-bond acceptors (Lipinski definition) is 2. The molecule has 0 saturated heterocycles. The first-order chi connectivity index (χ1) is 7.11. The number of amides is 1. The number of hydrogen-bond donors (Lipinski definition) is 2. The first kappa shape index (κ1) is 12.0. The molecule has 15 heavy (non-hydrogen) atoms.